The molecule has 0 radical (unpaired) electrons. The smallest absolute Gasteiger partial charge is 0.306 e. The summed E-state index contributed by atoms with van der Waals surface area (Å²) in [4.78, 5) is 38.1. The number of unbranched alkanes of at least 4 members (excludes halogenated alkanes) is 17. The van der Waals surface area contributed by atoms with Crippen LogP contribution in [-0.4, -0.2) is 37.2 Å². The summed E-state index contributed by atoms with van der Waals surface area (Å²) in [5.74, 6) is -1.03. The molecule has 0 spiro atoms. The second-order valence-electron chi connectivity index (χ2n) is 19.1. The van der Waals surface area contributed by atoms with Crippen molar-refractivity contribution < 1.29 is 28.6 Å². The summed E-state index contributed by atoms with van der Waals surface area (Å²) in [5.41, 5.74) is 0. The molecule has 0 heterocycles. The molecule has 0 aromatic carbocycles. The molecular formula is C68H108O6. The van der Waals surface area contributed by atoms with Gasteiger partial charge in [-0.2, -0.15) is 0 Å². The Morgan fingerprint density at radius 1 is 0.284 bits per heavy atom. The van der Waals surface area contributed by atoms with Gasteiger partial charge in [0.2, 0.25) is 0 Å². The highest BCUT2D eigenvalue weighted by molar-refractivity contribution is 5.71. The third kappa shape index (κ3) is 58.2. The van der Waals surface area contributed by atoms with Crippen molar-refractivity contribution >= 4 is 17.9 Å². The van der Waals surface area contributed by atoms with Gasteiger partial charge in [-0.25, -0.2) is 0 Å². The summed E-state index contributed by atoms with van der Waals surface area (Å²) in [5, 5.41) is 0. The molecule has 416 valence electrons. The fourth-order valence-electron chi connectivity index (χ4n) is 7.71. The lowest BCUT2D eigenvalue weighted by molar-refractivity contribution is -0.166. The molecule has 0 aromatic heterocycles. The predicted molar refractivity (Wildman–Crippen MR) is 320 cm³/mol. The Kier molecular flexibility index (Phi) is 57.0. The van der Waals surface area contributed by atoms with Crippen molar-refractivity contribution in [3.8, 4) is 0 Å². The van der Waals surface area contributed by atoms with Gasteiger partial charge in [0, 0.05) is 19.3 Å². The molecule has 0 fully saturated rings. The topological polar surface area (TPSA) is 78.9 Å². The SMILES string of the molecule is CC/C=C\C/C=C\C/C=C\C/C=C\C/C=C\C/C=C\C/C=C\C/C=C\CCCCCCC(=O)OCC(COC(=O)CC/C=C\C/C=C\C/C=C\C/C=C\CC)OC(=O)CCCCCCCCCCCCCCCC. The van der Waals surface area contributed by atoms with E-state index in [0.717, 1.165) is 128 Å². The first-order valence-electron chi connectivity index (χ1n) is 29.8. The van der Waals surface area contributed by atoms with E-state index in [9.17, 15) is 14.4 Å². The standard InChI is InChI=1S/C68H108O6/c1-4-7-10-13-16-19-22-25-27-28-29-30-31-32-33-34-35-36-37-38-39-40-41-44-46-49-52-55-58-61-67(70)73-64-65(63-72-66(69)60-57-54-51-48-45-42-24-21-18-15-12-9-6-3)74-68(71)62-59-56-53-50-47-43-26-23-20-17-14-11-8-5-2/h7,9-10,12,16,18-19,21,25,27,29-30,32-33,35-36,38-39,41-42,44-45,51,54,65H,4-6,8,11,13-15,17,20,22-24,26,28,31,34,37,40,43,46-50,52-53,55-64H2,1-3H3/b10-7-,12-9-,19-16-,21-18-,27-25-,30-29-,33-32-,36-35-,39-38-,44-41-,45-42-,54-51-. The number of ether oxygens (including phenoxy) is 3. The van der Waals surface area contributed by atoms with Gasteiger partial charge < -0.3 is 14.2 Å². The van der Waals surface area contributed by atoms with Gasteiger partial charge in [-0.1, -0.05) is 263 Å². The minimum Gasteiger partial charge on any atom is -0.462 e. The number of hydrogen-bond donors (Lipinski definition) is 0. The highest BCUT2D eigenvalue weighted by atomic mass is 16.6. The Balaban J connectivity index is 4.41. The van der Waals surface area contributed by atoms with Crippen LogP contribution in [0.2, 0.25) is 0 Å². The van der Waals surface area contributed by atoms with Crippen LogP contribution in [0.3, 0.4) is 0 Å². The summed E-state index contributed by atoms with van der Waals surface area (Å²) < 4.78 is 16.8. The Bertz CT molecular complexity index is 1640. The first-order chi connectivity index (χ1) is 36.5. The van der Waals surface area contributed by atoms with Gasteiger partial charge in [-0.05, 0) is 109 Å². The molecule has 0 aliphatic rings. The van der Waals surface area contributed by atoms with E-state index in [1.807, 2.05) is 12.2 Å². The van der Waals surface area contributed by atoms with Gasteiger partial charge in [0.05, 0.1) is 0 Å². The quantitative estimate of drug-likeness (QED) is 0.0261. The van der Waals surface area contributed by atoms with Crippen molar-refractivity contribution in [3.63, 3.8) is 0 Å². The lowest BCUT2D eigenvalue weighted by atomic mass is 10.0. The number of esters is 3. The van der Waals surface area contributed by atoms with Crippen molar-refractivity contribution in [2.45, 2.75) is 252 Å². The number of rotatable bonds is 52. The Morgan fingerprint density at radius 2 is 0.554 bits per heavy atom. The monoisotopic (exact) mass is 1020 g/mol. The highest BCUT2D eigenvalue weighted by Gasteiger charge is 2.19. The molecule has 0 amide bonds. The van der Waals surface area contributed by atoms with Crippen LogP contribution in [-0.2, 0) is 28.6 Å². The molecule has 0 N–H and O–H groups in total. The lowest BCUT2D eigenvalue weighted by Crippen LogP contribution is -2.30. The zero-order valence-corrected chi connectivity index (χ0v) is 47.5. The molecule has 0 rings (SSSR count). The molecule has 1 atom stereocenters. The van der Waals surface area contributed by atoms with Gasteiger partial charge in [0.25, 0.3) is 0 Å². The maximum atomic E-state index is 12.8. The second-order valence-corrected chi connectivity index (χ2v) is 19.1. The van der Waals surface area contributed by atoms with Crippen LogP contribution in [0, 0.1) is 0 Å². The van der Waals surface area contributed by atoms with E-state index in [0.29, 0.717) is 19.3 Å². The van der Waals surface area contributed by atoms with Crippen molar-refractivity contribution in [1.82, 2.24) is 0 Å². The summed E-state index contributed by atoms with van der Waals surface area (Å²) in [6, 6.07) is 0. The van der Waals surface area contributed by atoms with E-state index in [1.165, 1.54) is 70.6 Å². The first-order valence-corrected chi connectivity index (χ1v) is 29.8. The van der Waals surface area contributed by atoms with Crippen molar-refractivity contribution in [1.29, 1.82) is 0 Å². The van der Waals surface area contributed by atoms with E-state index in [1.54, 1.807) is 0 Å². The van der Waals surface area contributed by atoms with Gasteiger partial charge in [-0.15, -0.1) is 0 Å². The molecule has 0 bridgehead atoms. The molecule has 6 heteroatoms. The molecule has 1 unspecified atom stereocenters. The lowest BCUT2D eigenvalue weighted by Gasteiger charge is -2.18. The van der Waals surface area contributed by atoms with Crippen LogP contribution in [0.4, 0.5) is 0 Å². The van der Waals surface area contributed by atoms with Crippen molar-refractivity contribution in [2.75, 3.05) is 13.2 Å². The van der Waals surface area contributed by atoms with Gasteiger partial charge >= 0.3 is 17.9 Å². The fraction of sp³-hybridized carbons (Fsp3) is 0.603. The third-order valence-corrected chi connectivity index (χ3v) is 12.1. The van der Waals surface area contributed by atoms with Crippen LogP contribution >= 0.6 is 0 Å². The van der Waals surface area contributed by atoms with Crippen LogP contribution in [0.1, 0.15) is 245 Å². The highest BCUT2D eigenvalue weighted by Crippen LogP contribution is 2.15. The second kappa shape index (κ2) is 60.8. The maximum absolute atomic E-state index is 12.8. The minimum absolute atomic E-state index is 0.117. The zero-order valence-electron chi connectivity index (χ0n) is 47.5. The summed E-state index contributed by atoms with van der Waals surface area (Å²) in [6.07, 6.45) is 87.2. The molecule has 0 saturated heterocycles. The number of carbonyl (C=O) groups excluding carboxylic acids is 3. The largest absolute Gasteiger partial charge is 0.462 e. The predicted octanol–water partition coefficient (Wildman–Crippen LogP) is 20.4. The van der Waals surface area contributed by atoms with Crippen molar-refractivity contribution in [3.05, 3.63) is 146 Å². The summed E-state index contributed by atoms with van der Waals surface area (Å²) in [7, 11) is 0. The van der Waals surface area contributed by atoms with E-state index in [4.69, 9.17) is 14.2 Å². The average molecular weight is 1020 g/mol. The Hall–Kier alpha value is -4.71. The van der Waals surface area contributed by atoms with E-state index >= 15 is 0 Å². The molecule has 6 nitrogen and oxygen atoms in total. The number of allylic oxidation sites excluding steroid dienone is 24. The Labute approximate surface area is 455 Å². The zero-order chi connectivity index (χ0) is 53.6. The maximum Gasteiger partial charge on any atom is 0.306 e. The van der Waals surface area contributed by atoms with Crippen LogP contribution < -0.4 is 0 Å². The van der Waals surface area contributed by atoms with Crippen molar-refractivity contribution in [2.24, 2.45) is 0 Å². The molecular weight excluding hydrogens is 913 g/mol. The number of hydrogen-bond acceptors (Lipinski definition) is 6. The van der Waals surface area contributed by atoms with Gasteiger partial charge in [0.15, 0.2) is 6.10 Å². The molecule has 74 heavy (non-hydrogen) atoms. The molecule has 0 aromatic rings. The van der Waals surface area contributed by atoms with E-state index < -0.39 is 6.10 Å². The minimum atomic E-state index is -0.822. The number of carbonyl (C=O) groups is 3. The van der Waals surface area contributed by atoms with Crippen LogP contribution in [0.5, 0.6) is 0 Å². The van der Waals surface area contributed by atoms with Crippen LogP contribution in [0.15, 0.2) is 146 Å². The summed E-state index contributed by atoms with van der Waals surface area (Å²) >= 11 is 0. The van der Waals surface area contributed by atoms with Crippen LogP contribution in [0.25, 0.3) is 0 Å². The third-order valence-electron chi connectivity index (χ3n) is 12.1. The molecule has 0 saturated carbocycles. The van der Waals surface area contributed by atoms with E-state index in [2.05, 4.69) is 154 Å². The van der Waals surface area contributed by atoms with E-state index in [-0.39, 0.29) is 37.5 Å². The van der Waals surface area contributed by atoms with Gasteiger partial charge in [0.1, 0.15) is 13.2 Å². The summed E-state index contributed by atoms with van der Waals surface area (Å²) in [6.45, 7) is 6.32. The molecule has 0 aliphatic heterocycles. The average Bonchev–Trinajstić information content (AvgIpc) is 3.40. The first kappa shape index (κ1) is 69.3. The Morgan fingerprint density at radius 3 is 0.905 bits per heavy atom. The van der Waals surface area contributed by atoms with Gasteiger partial charge in [-0.3, -0.25) is 14.4 Å². The molecule has 0 aliphatic carbocycles. The normalized spacial score (nSPS) is 13.2. The fourth-order valence-corrected chi connectivity index (χ4v) is 7.71.